The molecule has 8 heteroatoms. The van der Waals surface area contributed by atoms with Gasteiger partial charge in [0.15, 0.2) is 0 Å². The highest BCUT2D eigenvalue weighted by Gasteiger charge is 2.31. The fourth-order valence-corrected chi connectivity index (χ4v) is 6.97. The Morgan fingerprint density at radius 3 is 2.22 bits per heavy atom. The maximum absolute atomic E-state index is 15.4. The number of ether oxygens (including phenoxy) is 2. The van der Waals surface area contributed by atoms with Crippen LogP contribution in [0.1, 0.15) is 89.2 Å². The highest BCUT2D eigenvalue weighted by Crippen LogP contribution is 2.42. The molecule has 0 saturated heterocycles. The summed E-state index contributed by atoms with van der Waals surface area (Å²) >= 11 is 0. The molecule has 2 aliphatic rings. The molecule has 1 atom stereocenters. The molecule has 0 spiro atoms. The molecule has 0 aliphatic heterocycles. The minimum atomic E-state index is -0.676. The van der Waals surface area contributed by atoms with Gasteiger partial charge < -0.3 is 14.6 Å². The van der Waals surface area contributed by atoms with Crippen molar-refractivity contribution in [2.24, 2.45) is 17.8 Å². The molecule has 4 rings (SSSR count). The molecule has 0 aromatic heterocycles. The van der Waals surface area contributed by atoms with E-state index in [2.05, 4.69) is 26.2 Å². The van der Waals surface area contributed by atoms with E-state index < -0.39 is 36.0 Å². The summed E-state index contributed by atoms with van der Waals surface area (Å²) < 4.78 is 56.1. The number of rotatable bonds is 16. The van der Waals surface area contributed by atoms with E-state index in [4.69, 9.17) is 14.6 Å². The number of carbonyl (C=O) groups is 2. The van der Waals surface area contributed by atoms with E-state index >= 15 is 4.39 Å². The van der Waals surface area contributed by atoms with Gasteiger partial charge in [-0.15, -0.1) is 0 Å². The molecule has 2 aliphatic carbocycles. The molecule has 5 nitrogen and oxygen atoms in total. The number of aryl methyl sites for hydroxylation is 1. The summed E-state index contributed by atoms with van der Waals surface area (Å²) in [5, 5.41) is 9.12. The highest BCUT2D eigenvalue weighted by molar-refractivity contribution is 5.88. The summed E-state index contributed by atoms with van der Waals surface area (Å²) in [7, 11) is 0. The van der Waals surface area contributed by atoms with Crippen molar-refractivity contribution in [1.29, 1.82) is 0 Å². The highest BCUT2D eigenvalue weighted by atomic mass is 19.1. The maximum Gasteiger partial charge on any atom is 0.335 e. The normalized spacial score (nSPS) is 18.2. The van der Waals surface area contributed by atoms with Crippen molar-refractivity contribution in [1.82, 2.24) is 0 Å². The lowest BCUT2D eigenvalue weighted by Gasteiger charge is -2.35. The van der Waals surface area contributed by atoms with Crippen molar-refractivity contribution < 1.29 is 37.3 Å². The summed E-state index contributed by atoms with van der Waals surface area (Å²) in [5.41, 5.74) is 3.53. The largest absolute Gasteiger partial charge is 0.462 e. The Hall–Kier alpha value is -3.91. The first-order valence-electron chi connectivity index (χ1n) is 17.5. The summed E-state index contributed by atoms with van der Waals surface area (Å²) in [6.07, 6.45) is 13.3. The van der Waals surface area contributed by atoms with Crippen LogP contribution in [0.2, 0.25) is 0 Å². The smallest absolute Gasteiger partial charge is 0.335 e. The van der Waals surface area contributed by atoms with E-state index in [9.17, 15) is 18.4 Å². The van der Waals surface area contributed by atoms with E-state index in [1.807, 2.05) is 6.08 Å². The van der Waals surface area contributed by atoms with Crippen LogP contribution in [0.3, 0.4) is 0 Å². The first-order valence-corrected chi connectivity index (χ1v) is 17.5. The van der Waals surface area contributed by atoms with Gasteiger partial charge in [-0.05, 0) is 117 Å². The zero-order valence-electron chi connectivity index (χ0n) is 28.8. The number of unbranched alkanes of at least 4 members (excludes halogenated alkanes) is 2. The number of aliphatic hydroxyl groups is 1. The third-order valence-corrected chi connectivity index (χ3v) is 9.90. The first-order chi connectivity index (χ1) is 23.5. The van der Waals surface area contributed by atoms with Crippen LogP contribution in [0.25, 0.3) is 16.7 Å². The Labute approximate surface area is 288 Å². The van der Waals surface area contributed by atoms with E-state index in [0.717, 1.165) is 56.9 Å². The third-order valence-electron chi connectivity index (χ3n) is 9.90. The number of hydrogen-bond acceptors (Lipinski definition) is 5. The SMILES string of the molecule is C=C(C)C(=O)OCC(CCOC(=O)C(=C)CO)C1CCC(C2=CC=C(c3ccc(-c4c(F)cc(CCCCC)cc4F)cc3F)CC2)CC1. The molecule has 0 heterocycles. The lowest BCUT2D eigenvalue weighted by atomic mass is 9.71. The Morgan fingerprint density at radius 2 is 1.63 bits per heavy atom. The minimum absolute atomic E-state index is 0.00269. The van der Waals surface area contributed by atoms with E-state index in [1.165, 1.54) is 23.8 Å². The fraction of sp³-hybridized carbons (Fsp3) is 0.463. The molecule has 2 aromatic rings. The van der Waals surface area contributed by atoms with Crippen molar-refractivity contribution >= 4 is 17.5 Å². The van der Waals surface area contributed by atoms with E-state index in [-0.39, 0.29) is 41.7 Å². The summed E-state index contributed by atoms with van der Waals surface area (Å²) in [6.45, 7) is 10.7. The maximum atomic E-state index is 15.4. The first kappa shape index (κ1) is 37.9. The van der Waals surface area contributed by atoms with E-state index in [0.29, 0.717) is 41.9 Å². The second-order valence-electron chi connectivity index (χ2n) is 13.5. The third kappa shape index (κ3) is 10.3. The summed E-state index contributed by atoms with van der Waals surface area (Å²) in [5.74, 6) is -2.27. The van der Waals surface area contributed by atoms with Gasteiger partial charge in [0, 0.05) is 11.1 Å². The van der Waals surface area contributed by atoms with Gasteiger partial charge >= 0.3 is 11.9 Å². The summed E-state index contributed by atoms with van der Waals surface area (Å²) in [4.78, 5) is 24.0. The van der Waals surface area contributed by atoms with Crippen LogP contribution >= 0.6 is 0 Å². The van der Waals surface area contributed by atoms with Gasteiger partial charge in [0.05, 0.1) is 31.0 Å². The Kier molecular flexibility index (Phi) is 14.1. The van der Waals surface area contributed by atoms with Crippen LogP contribution in [0.15, 0.2) is 72.4 Å². The van der Waals surface area contributed by atoms with Crippen LogP contribution in [0, 0.1) is 35.2 Å². The second-order valence-corrected chi connectivity index (χ2v) is 13.5. The lowest BCUT2D eigenvalue weighted by molar-refractivity contribution is -0.144. The predicted octanol–water partition coefficient (Wildman–Crippen LogP) is 9.63. The number of esters is 2. The molecular weight excluding hydrogens is 629 g/mol. The van der Waals surface area contributed by atoms with E-state index in [1.54, 1.807) is 19.1 Å². The number of hydrogen-bond donors (Lipinski definition) is 1. The molecule has 2 aromatic carbocycles. The van der Waals surface area contributed by atoms with Crippen molar-refractivity contribution in [3.05, 3.63) is 101 Å². The molecule has 1 saturated carbocycles. The van der Waals surface area contributed by atoms with Crippen LogP contribution in [0.4, 0.5) is 13.2 Å². The molecule has 0 radical (unpaired) electrons. The van der Waals surface area contributed by atoms with Gasteiger partial charge in [-0.1, -0.05) is 62.8 Å². The Bertz CT molecular complexity index is 1560. The van der Waals surface area contributed by atoms with Gasteiger partial charge in [-0.25, -0.2) is 22.8 Å². The molecule has 0 bridgehead atoms. The van der Waals surface area contributed by atoms with Crippen LogP contribution in [-0.4, -0.2) is 36.9 Å². The molecule has 0 amide bonds. The number of halogens is 3. The molecule has 1 fully saturated rings. The molecule has 1 N–H and O–H groups in total. The quantitative estimate of drug-likeness (QED) is 0.109. The number of carbonyl (C=O) groups excluding carboxylic acids is 2. The topological polar surface area (TPSA) is 72.8 Å². The predicted molar refractivity (Wildman–Crippen MR) is 187 cm³/mol. The van der Waals surface area contributed by atoms with Gasteiger partial charge in [-0.2, -0.15) is 0 Å². The molecule has 1 unspecified atom stereocenters. The standard InChI is InChI=1S/C41H49F3O5/c1-5-6-7-8-28-21-37(43)39(38(44)22-28)33-17-18-35(36(42)23-33)32-15-13-30(14-16-32)29-9-11-31(12-10-29)34(25-49-40(46)26(2)3)19-20-48-41(47)27(4)24-45/h13,15,17-18,21-23,29,31,34,45H,2,4-12,14,16,19-20,24-25H2,1,3H3. The molecular formula is C41H49F3O5. The molecule has 264 valence electrons. The molecule has 49 heavy (non-hydrogen) atoms. The van der Waals surface area contributed by atoms with Crippen LogP contribution in [0.5, 0.6) is 0 Å². The van der Waals surface area contributed by atoms with Gasteiger partial charge in [-0.3, -0.25) is 0 Å². The van der Waals surface area contributed by atoms with Crippen molar-refractivity contribution in [3.8, 4) is 11.1 Å². The van der Waals surface area contributed by atoms with Crippen molar-refractivity contribution in [2.75, 3.05) is 19.8 Å². The van der Waals surface area contributed by atoms with Crippen LogP contribution in [-0.2, 0) is 25.5 Å². The van der Waals surface area contributed by atoms with Crippen molar-refractivity contribution in [2.45, 2.75) is 84.5 Å². The zero-order chi connectivity index (χ0) is 35.5. The lowest BCUT2D eigenvalue weighted by Crippen LogP contribution is -2.28. The summed E-state index contributed by atoms with van der Waals surface area (Å²) in [6, 6.07) is 7.15. The fourth-order valence-electron chi connectivity index (χ4n) is 6.97. The average molecular weight is 679 g/mol. The zero-order valence-corrected chi connectivity index (χ0v) is 28.8. The second kappa shape index (κ2) is 18.2. The Morgan fingerprint density at radius 1 is 0.918 bits per heavy atom. The van der Waals surface area contributed by atoms with Gasteiger partial charge in [0.2, 0.25) is 0 Å². The number of aliphatic hydroxyl groups excluding tert-OH is 1. The monoisotopic (exact) mass is 678 g/mol. The van der Waals surface area contributed by atoms with Gasteiger partial charge in [0.25, 0.3) is 0 Å². The minimum Gasteiger partial charge on any atom is -0.462 e. The van der Waals surface area contributed by atoms with Crippen LogP contribution < -0.4 is 0 Å². The number of benzene rings is 2. The van der Waals surface area contributed by atoms with Gasteiger partial charge in [0.1, 0.15) is 17.5 Å². The number of allylic oxidation sites excluding steroid dienone is 4. The average Bonchev–Trinajstić information content (AvgIpc) is 3.09. The van der Waals surface area contributed by atoms with Crippen molar-refractivity contribution in [3.63, 3.8) is 0 Å². The Balaban J connectivity index is 1.38.